The predicted octanol–water partition coefficient (Wildman–Crippen LogP) is 1.44. The van der Waals surface area contributed by atoms with Crippen LogP contribution in [0.15, 0.2) is 23.3 Å². The largest absolute Gasteiger partial charge is 0.508 e. The Labute approximate surface area is 79.7 Å². The summed E-state index contributed by atoms with van der Waals surface area (Å²) in [6, 6.07) is 3.01. The highest BCUT2D eigenvalue weighted by Crippen LogP contribution is 2.29. The van der Waals surface area contributed by atoms with Crippen molar-refractivity contribution in [3.63, 3.8) is 0 Å². The number of azide groups is 1. The lowest BCUT2D eigenvalue weighted by Gasteiger charge is -2.09. The van der Waals surface area contributed by atoms with Crippen LogP contribution in [0.3, 0.4) is 0 Å². The molecule has 0 radical (unpaired) electrons. The molecule has 0 amide bonds. The minimum Gasteiger partial charge on any atom is -0.508 e. The zero-order chi connectivity index (χ0) is 10.6. The van der Waals surface area contributed by atoms with Gasteiger partial charge in [-0.25, -0.2) is 0 Å². The molecule has 6 heteroatoms. The van der Waals surface area contributed by atoms with E-state index in [1.807, 2.05) is 0 Å². The van der Waals surface area contributed by atoms with Crippen molar-refractivity contribution in [3.8, 4) is 11.5 Å². The van der Waals surface area contributed by atoms with Crippen molar-refractivity contribution in [3.05, 3.63) is 34.2 Å². The van der Waals surface area contributed by atoms with Crippen molar-refractivity contribution in [2.24, 2.45) is 5.11 Å². The number of phenolic OH excluding ortho intramolecular Hbond substituents is 2. The fraction of sp³-hybridized carbons (Fsp3) is 0.250. The molecule has 14 heavy (non-hydrogen) atoms. The molecule has 74 valence electrons. The van der Waals surface area contributed by atoms with E-state index in [9.17, 15) is 5.11 Å². The Morgan fingerprint density at radius 2 is 2.14 bits per heavy atom. The molecule has 3 N–H and O–H groups in total. The summed E-state index contributed by atoms with van der Waals surface area (Å²) in [6.45, 7) is -0.400. The van der Waals surface area contributed by atoms with Gasteiger partial charge in [0, 0.05) is 16.5 Å². The average Bonchev–Trinajstić information content (AvgIpc) is 2.15. The van der Waals surface area contributed by atoms with Crippen molar-refractivity contribution in [2.45, 2.75) is 6.04 Å². The normalized spacial score (nSPS) is 11.8. The number of nitrogens with zero attached hydrogens (tertiary/aromatic N) is 3. The first kappa shape index (κ1) is 10.2. The summed E-state index contributed by atoms with van der Waals surface area (Å²) in [4.78, 5) is 2.54. The molecule has 1 aromatic carbocycles. The van der Waals surface area contributed by atoms with Gasteiger partial charge in [-0.3, -0.25) is 0 Å². The molecule has 0 aliphatic carbocycles. The molecule has 1 aromatic rings. The molecule has 0 aromatic heterocycles. The van der Waals surface area contributed by atoms with Crippen molar-refractivity contribution < 1.29 is 15.3 Å². The van der Waals surface area contributed by atoms with E-state index in [2.05, 4.69) is 10.0 Å². The zero-order valence-electron chi connectivity index (χ0n) is 7.20. The number of aliphatic hydroxyl groups is 1. The van der Waals surface area contributed by atoms with Crippen LogP contribution in [-0.4, -0.2) is 21.9 Å². The molecule has 1 unspecified atom stereocenters. The van der Waals surface area contributed by atoms with Crippen LogP contribution in [0, 0.1) is 0 Å². The maximum absolute atomic E-state index is 9.37. The lowest BCUT2D eigenvalue weighted by Crippen LogP contribution is -2.00. The van der Waals surface area contributed by atoms with Gasteiger partial charge in [0.15, 0.2) is 0 Å². The molecular weight excluding hydrogens is 186 g/mol. The lowest BCUT2D eigenvalue weighted by atomic mass is 10.1. The third kappa shape index (κ3) is 2.07. The fourth-order valence-corrected chi connectivity index (χ4v) is 1.07. The van der Waals surface area contributed by atoms with Crippen LogP contribution in [0.25, 0.3) is 10.4 Å². The Balaban J connectivity index is 3.10. The smallest absolute Gasteiger partial charge is 0.122 e. The van der Waals surface area contributed by atoms with Gasteiger partial charge in [-0.15, -0.1) is 0 Å². The number of rotatable bonds is 3. The highest BCUT2D eigenvalue weighted by molar-refractivity contribution is 5.40. The summed E-state index contributed by atoms with van der Waals surface area (Å²) in [5, 5.41) is 30.5. The molecule has 1 atom stereocenters. The van der Waals surface area contributed by atoms with Gasteiger partial charge in [-0.2, -0.15) is 0 Å². The fourth-order valence-electron chi connectivity index (χ4n) is 1.07. The van der Waals surface area contributed by atoms with Crippen LogP contribution < -0.4 is 0 Å². The molecule has 0 spiro atoms. The summed E-state index contributed by atoms with van der Waals surface area (Å²) < 4.78 is 0. The second-order valence-electron chi connectivity index (χ2n) is 2.65. The van der Waals surface area contributed by atoms with Crippen LogP contribution >= 0.6 is 0 Å². The Kier molecular flexibility index (Phi) is 3.17. The summed E-state index contributed by atoms with van der Waals surface area (Å²) in [7, 11) is 0. The summed E-state index contributed by atoms with van der Waals surface area (Å²) in [6.07, 6.45) is 0. The molecule has 1 rings (SSSR count). The van der Waals surface area contributed by atoms with E-state index in [0.717, 1.165) is 6.07 Å². The molecule has 0 bridgehead atoms. The number of hydrogen-bond donors (Lipinski definition) is 3. The zero-order valence-corrected chi connectivity index (χ0v) is 7.20. The maximum atomic E-state index is 9.37. The molecular formula is C8H9N3O3. The van der Waals surface area contributed by atoms with Crippen molar-refractivity contribution in [2.75, 3.05) is 6.61 Å². The third-order valence-corrected chi connectivity index (χ3v) is 1.74. The topological polar surface area (TPSA) is 109 Å². The maximum Gasteiger partial charge on any atom is 0.122 e. The van der Waals surface area contributed by atoms with E-state index >= 15 is 0 Å². The van der Waals surface area contributed by atoms with E-state index in [1.54, 1.807) is 0 Å². The standard InChI is InChI=1S/C8H9N3O3/c9-11-10-7(4-12)6-2-1-5(13)3-8(6)14/h1-3,7,12-14H,4H2. The molecule has 0 aliphatic heterocycles. The van der Waals surface area contributed by atoms with Gasteiger partial charge in [0.25, 0.3) is 0 Å². The van der Waals surface area contributed by atoms with Crippen LogP contribution in [0.2, 0.25) is 0 Å². The summed E-state index contributed by atoms with van der Waals surface area (Å²) >= 11 is 0. The highest BCUT2D eigenvalue weighted by Gasteiger charge is 2.12. The molecule has 0 fully saturated rings. The van der Waals surface area contributed by atoms with Crippen LogP contribution in [0.5, 0.6) is 11.5 Å². The molecule has 0 saturated carbocycles. The highest BCUT2D eigenvalue weighted by atomic mass is 16.3. The second-order valence-corrected chi connectivity index (χ2v) is 2.65. The monoisotopic (exact) mass is 195 g/mol. The van der Waals surface area contributed by atoms with Gasteiger partial charge in [0.05, 0.1) is 12.6 Å². The Hall–Kier alpha value is -1.91. The summed E-state index contributed by atoms with van der Waals surface area (Å²) in [5.74, 6) is -0.305. The SMILES string of the molecule is [N-]=[N+]=NC(CO)c1ccc(O)cc1O. The van der Waals surface area contributed by atoms with E-state index in [4.69, 9.17) is 15.7 Å². The predicted molar refractivity (Wildman–Crippen MR) is 48.7 cm³/mol. The van der Waals surface area contributed by atoms with Gasteiger partial charge in [-0.05, 0) is 11.6 Å². The van der Waals surface area contributed by atoms with Crippen LogP contribution in [0.4, 0.5) is 0 Å². The minimum absolute atomic E-state index is 0.0936. The van der Waals surface area contributed by atoms with Gasteiger partial charge >= 0.3 is 0 Å². The number of phenols is 2. The van der Waals surface area contributed by atoms with E-state index < -0.39 is 12.6 Å². The first-order valence-corrected chi connectivity index (χ1v) is 3.86. The number of aliphatic hydroxyl groups excluding tert-OH is 1. The van der Waals surface area contributed by atoms with Crippen LogP contribution in [-0.2, 0) is 0 Å². The Morgan fingerprint density at radius 1 is 1.43 bits per heavy atom. The number of aromatic hydroxyl groups is 2. The van der Waals surface area contributed by atoms with Gasteiger partial charge in [0.1, 0.15) is 11.5 Å². The molecule has 0 aliphatic rings. The van der Waals surface area contributed by atoms with Gasteiger partial charge in [-0.1, -0.05) is 11.2 Å². The second kappa shape index (κ2) is 4.36. The molecule has 0 saturated heterocycles. The number of benzene rings is 1. The average molecular weight is 195 g/mol. The third-order valence-electron chi connectivity index (χ3n) is 1.74. The van der Waals surface area contributed by atoms with Crippen molar-refractivity contribution in [1.29, 1.82) is 0 Å². The van der Waals surface area contributed by atoms with E-state index in [0.29, 0.717) is 0 Å². The Morgan fingerprint density at radius 3 is 2.64 bits per heavy atom. The first-order chi connectivity index (χ1) is 6.69. The quantitative estimate of drug-likeness (QED) is 0.385. The number of hydrogen-bond acceptors (Lipinski definition) is 4. The molecule has 6 nitrogen and oxygen atoms in total. The molecule has 0 heterocycles. The Bertz CT molecular complexity index is 374. The lowest BCUT2D eigenvalue weighted by molar-refractivity contribution is 0.265. The van der Waals surface area contributed by atoms with Crippen LogP contribution in [0.1, 0.15) is 11.6 Å². The van der Waals surface area contributed by atoms with Gasteiger partial charge in [0.2, 0.25) is 0 Å². The van der Waals surface area contributed by atoms with Crippen molar-refractivity contribution >= 4 is 0 Å². The van der Waals surface area contributed by atoms with Crippen molar-refractivity contribution in [1.82, 2.24) is 0 Å². The summed E-state index contributed by atoms with van der Waals surface area (Å²) in [5.41, 5.74) is 8.47. The minimum atomic E-state index is -0.833. The van der Waals surface area contributed by atoms with E-state index in [1.165, 1.54) is 12.1 Å². The van der Waals surface area contributed by atoms with Gasteiger partial charge < -0.3 is 15.3 Å². The first-order valence-electron chi connectivity index (χ1n) is 3.86. The van der Waals surface area contributed by atoms with E-state index in [-0.39, 0.29) is 17.1 Å².